The molecule has 1 aromatic carbocycles. The molecule has 1 aromatic heterocycles. The Morgan fingerprint density at radius 3 is 2.92 bits per heavy atom. The third-order valence-electron chi connectivity index (χ3n) is 4.43. The smallest absolute Gasteiger partial charge is 0.317 e. The maximum Gasteiger partial charge on any atom is 0.317 e. The van der Waals surface area contributed by atoms with E-state index < -0.39 is 0 Å². The SMILES string of the molecule is COc1cccc2c1CCN(C(=O)NCCc1cccnc1)CC2. The summed E-state index contributed by atoms with van der Waals surface area (Å²) in [5.74, 6) is 0.923. The van der Waals surface area contributed by atoms with Crippen LogP contribution in [0.1, 0.15) is 16.7 Å². The zero-order valence-corrected chi connectivity index (χ0v) is 14.0. The quantitative estimate of drug-likeness (QED) is 0.939. The van der Waals surface area contributed by atoms with Gasteiger partial charge in [-0.15, -0.1) is 0 Å². The number of hydrogen-bond acceptors (Lipinski definition) is 3. The maximum atomic E-state index is 12.4. The average molecular weight is 325 g/mol. The molecule has 1 aliphatic heterocycles. The van der Waals surface area contributed by atoms with Gasteiger partial charge in [-0.1, -0.05) is 18.2 Å². The highest BCUT2D eigenvalue weighted by atomic mass is 16.5. The summed E-state index contributed by atoms with van der Waals surface area (Å²) in [6.45, 7) is 2.07. The lowest BCUT2D eigenvalue weighted by Gasteiger charge is -2.20. The second-order valence-corrected chi connectivity index (χ2v) is 5.93. The summed E-state index contributed by atoms with van der Waals surface area (Å²) in [5.41, 5.74) is 3.64. The summed E-state index contributed by atoms with van der Waals surface area (Å²) >= 11 is 0. The molecule has 2 amide bonds. The lowest BCUT2D eigenvalue weighted by molar-refractivity contribution is 0.200. The van der Waals surface area contributed by atoms with Crippen molar-refractivity contribution in [1.82, 2.24) is 15.2 Å². The average Bonchev–Trinajstić information content (AvgIpc) is 2.85. The monoisotopic (exact) mass is 325 g/mol. The number of aromatic nitrogens is 1. The Morgan fingerprint density at radius 2 is 2.12 bits per heavy atom. The first-order chi connectivity index (χ1) is 11.8. The fourth-order valence-electron chi connectivity index (χ4n) is 3.11. The van der Waals surface area contributed by atoms with Crippen LogP contribution in [0.5, 0.6) is 5.75 Å². The fourth-order valence-corrected chi connectivity index (χ4v) is 3.11. The molecule has 1 N–H and O–H groups in total. The van der Waals surface area contributed by atoms with Crippen molar-refractivity contribution in [2.45, 2.75) is 19.3 Å². The summed E-state index contributed by atoms with van der Waals surface area (Å²) in [7, 11) is 1.70. The molecule has 0 radical (unpaired) electrons. The van der Waals surface area contributed by atoms with E-state index in [-0.39, 0.29) is 6.03 Å². The number of ether oxygens (including phenoxy) is 1. The minimum atomic E-state index is 0.00524. The number of rotatable bonds is 4. The van der Waals surface area contributed by atoms with Gasteiger partial charge >= 0.3 is 6.03 Å². The minimum absolute atomic E-state index is 0.00524. The summed E-state index contributed by atoms with van der Waals surface area (Å²) < 4.78 is 5.45. The molecule has 0 spiro atoms. The van der Waals surface area contributed by atoms with Crippen LogP contribution in [0.3, 0.4) is 0 Å². The highest BCUT2D eigenvalue weighted by molar-refractivity contribution is 5.74. The van der Waals surface area contributed by atoms with Crippen molar-refractivity contribution in [3.8, 4) is 5.75 Å². The molecule has 5 heteroatoms. The number of nitrogens with one attached hydrogen (secondary N) is 1. The second-order valence-electron chi connectivity index (χ2n) is 5.93. The molecule has 126 valence electrons. The summed E-state index contributed by atoms with van der Waals surface area (Å²) in [4.78, 5) is 18.4. The normalized spacial score (nSPS) is 13.8. The molecule has 0 atom stereocenters. The van der Waals surface area contributed by atoms with Crippen molar-refractivity contribution in [3.05, 3.63) is 59.4 Å². The summed E-state index contributed by atoms with van der Waals surface area (Å²) in [5, 5.41) is 3.01. The predicted molar refractivity (Wildman–Crippen MR) is 93.3 cm³/mol. The molecular formula is C19H23N3O2. The summed E-state index contributed by atoms with van der Waals surface area (Å²) in [6.07, 6.45) is 6.08. The molecule has 0 fully saturated rings. The first-order valence-electron chi connectivity index (χ1n) is 8.34. The van der Waals surface area contributed by atoms with Crippen LogP contribution in [0.4, 0.5) is 4.79 Å². The number of pyridine rings is 1. The third kappa shape index (κ3) is 3.85. The van der Waals surface area contributed by atoms with Gasteiger partial charge in [-0.25, -0.2) is 4.79 Å². The van der Waals surface area contributed by atoms with Crippen LogP contribution in [0, 0.1) is 0 Å². The van der Waals surface area contributed by atoms with E-state index in [1.54, 1.807) is 13.3 Å². The maximum absolute atomic E-state index is 12.4. The first kappa shape index (κ1) is 16.3. The topological polar surface area (TPSA) is 54.5 Å². The van der Waals surface area contributed by atoms with Crippen LogP contribution in [0.15, 0.2) is 42.7 Å². The number of carbonyl (C=O) groups is 1. The van der Waals surface area contributed by atoms with Crippen LogP contribution in [-0.2, 0) is 19.3 Å². The minimum Gasteiger partial charge on any atom is -0.496 e. The lowest BCUT2D eigenvalue weighted by atomic mass is 10.0. The van der Waals surface area contributed by atoms with Crippen LogP contribution in [0.25, 0.3) is 0 Å². The van der Waals surface area contributed by atoms with E-state index in [1.165, 1.54) is 11.1 Å². The zero-order chi connectivity index (χ0) is 16.8. The van der Waals surface area contributed by atoms with Crippen molar-refractivity contribution >= 4 is 6.03 Å². The lowest BCUT2D eigenvalue weighted by Crippen LogP contribution is -2.42. The predicted octanol–water partition coefficient (Wildman–Crippen LogP) is 2.44. The van der Waals surface area contributed by atoms with Gasteiger partial charge in [0.2, 0.25) is 0 Å². The van der Waals surface area contributed by atoms with Crippen molar-refractivity contribution in [3.63, 3.8) is 0 Å². The Balaban J connectivity index is 1.54. The number of nitrogens with zero attached hydrogens (tertiary/aromatic N) is 2. The van der Waals surface area contributed by atoms with Crippen LogP contribution >= 0.6 is 0 Å². The Bertz CT molecular complexity index is 688. The highest BCUT2D eigenvalue weighted by Crippen LogP contribution is 2.25. The van der Waals surface area contributed by atoms with E-state index in [0.29, 0.717) is 13.1 Å². The largest absolute Gasteiger partial charge is 0.496 e. The van der Waals surface area contributed by atoms with Gasteiger partial charge in [-0.3, -0.25) is 4.98 Å². The molecule has 2 aromatic rings. The van der Waals surface area contributed by atoms with Gasteiger partial charge in [0.15, 0.2) is 0 Å². The molecule has 1 aliphatic rings. The van der Waals surface area contributed by atoms with E-state index in [0.717, 1.165) is 37.1 Å². The fraction of sp³-hybridized carbons (Fsp3) is 0.368. The van der Waals surface area contributed by atoms with Crippen LogP contribution in [-0.4, -0.2) is 42.7 Å². The highest BCUT2D eigenvalue weighted by Gasteiger charge is 2.20. The van der Waals surface area contributed by atoms with Crippen LogP contribution < -0.4 is 10.1 Å². The van der Waals surface area contributed by atoms with Crippen molar-refractivity contribution < 1.29 is 9.53 Å². The van der Waals surface area contributed by atoms with Crippen LogP contribution in [0.2, 0.25) is 0 Å². The number of benzene rings is 1. The van der Waals surface area contributed by atoms with E-state index in [2.05, 4.69) is 16.4 Å². The molecule has 0 aliphatic carbocycles. The number of hydrogen-bond donors (Lipinski definition) is 1. The Kier molecular flexibility index (Phi) is 5.31. The van der Waals surface area contributed by atoms with Crippen molar-refractivity contribution in [1.29, 1.82) is 0 Å². The number of methoxy groups -OCH3 is 1. The van der Waals surface area contributed by atoms with Gasteiger partial charge < -0.3 is 15.0 Å². The van der Waals surface area contributed by atoms with Crippen molar-refractivity contribution in [2.75, 3.05) is 26.7 Å². The Morgan fingerprint density at radius 1 is 1.25 bits per heavy atom. The molecular weight excluding hydrogens is 302 g/mol. The van der Waals surface area contributed by atoms with Gasteiger partial charge in [-0.2, -0.15) is 0 Å². The second kappa shape index (κ2) is 7.81. The molecule has 0 bridgehead atoms. The standard InChI is InChI=1S/C19H23N3O2/c1-24-18-6-2-5-16-8-12-22(13-9-17(16)18)19(23)21-11-7-15-4-3-10-20-14-15/h2-6,10,14H,7-9,11-13H2,1H3,(H,21,23). The van der Waals surface area contributed by atoms with E-state index >= 15 is 0 Å². The van der Waals surface area contributed by atoms with E-state index in [9.17, 15) is 4.79 Å². The number of amides is 2. The van der Waals surface area contributed by atoms with E-state index in [4.69, 9.17) is 4.74 Å². The molecule has 0 saturated carbocycles. The molecule has 3 rings (SSSR count). The first-order valence-corrected chi connectivity index (χ1v) is 8.34. The number of carbonyl (C=O) groups excluding carboxylic acids is 1. The summed E-state index contributed by atoms with van der Waals surface area (Å²) in [6, 6.07) is 10.1. The number of fused-ring (bicyclic) bond motifs is 1. The van der Waals surface area contributed by atoms with Crippen molar-refractivity contribution in [2.24, 2.45) is 0 Å². The van der Waals surface area contributed by atoms with Gasteiger partial charge in [0.1, 0.15) is 5.75 Å². The van der Waals surface area contributed by atoms with E-state index in [1.807, 2.05) is 35.4 Å². The molecule has 0 unspecified atom stereocenters. The van der Waals surface area contributed by atoms with Gasteiger partial charge in [0.25, 0.3) is 0 Å². The van der Waals surface area contributed by atoms with Gasteiger partial charge in [0, 0.05) is 32.0 Å². The molecule has 5 nitrogen and oxygen atoms in total. The third-order valence-corrected chi connectivity index (χ3v) is 4.43. The molecule has 0 saturated heterocycles. The van der Waals surface area contributed by atoms with Gasteiger partial charge in [0.05, 0.1) is 7.11 Å². The zero-order valence-electron chi connectivity index (χ0n) is 14.0. The van der Waals surface area contributed by atoms with Gasteiger partial charge in [-0.05, 0) is 48.1 Å². The molecule has 24 heavy (non-hydrogen) atoms. The Hall–Kier alpha value is -2.56. The Labute approximate surface area is 142 Å². The molecule has 2 heterocycles. The number of urea groups is 1.